The van der Waals surface area contributed by atoms with Crippen LogP contribution in [-0.2, 0) is 9.53 Å². The van der Waals surface area contributed by atoms with Gasteiger partial charge in [-0.25, -0.2) is 0 Å². The third-order valence-corrected chi connectivity index (χ3v) is 4.23. The minimum Gasteiger partial charge on any atom is -0.493 e. The molecule has 1 aliphatic rings. The number of hydrogen-bond donors (Lipinski definition) is 0. The van der Waals surface area contributed by atoms with E-state index in [4.69, 9.17) is 14.2 Å². The van der Waals surface area contributed by atoms with Gasteiger partial charge in [-0.2, -0.15) is 0 Å². The van der Waals surface area contributed by atoms with E-state index < -0.39 is 0 Å². The van der Waals surface area contributed by atoms with E-state index in [1.807, 2.05) is 0 Å². The maximum absolute atomic E-state index is 13.0. The molecular formula is C18H25NO5. The Kier molecular flexibility index (Phi) is 6.46. The van der Waals surface area contributed by atoms with E-state index in [1.54, 1.807) is 30.0 Å². The summed E-state index contributed by atoms with van der Waals surface area (Å²) < 4.78 is 15.7. The highest BCUT2D eigenvalue weighted by atomic mass is 16.5. The molecule has 132 valence electrons. The summed E-state index contributed by atoms with van der Waals surface area (Å²) in [5.74, 6) is 0.535. The van der Waals surface area contributed by atoms with Gasteiger partial charge in [-0.3, -0.25) is 9.59 Å². The van der Waals surface area contributed by atoms with Crippen molar-refractivity contribution in [3.63, 3.8) is 0 Å². The molecule has 0 aliphatic carbocycles. The molecule has 0 saturated carbocycles. The second kappa shape index (κ2) is 8.57. The highest BCUT2D eigenvalue weighted by Gasteiger charge is 2.31. The van der Waals surface area contributed by atoms with Crippen molar-refractivity contribution in [2.24, 2.45) is 0 Å². The van der Waals surface area contributed by atoms with Crippen LogP contribution in [0.3, 0.4) is 0 Å². The van der Waals surface area contributed by atoms with Crippen LogP contribution in [-0.4, -0.2) is 50.2 Å². The Hall–Kier alpha value is -2.24. The maximum Gasteiger partial charge on any atom is 0.307 e. The van der Waals surface area contributed by atoms with Gasteiger partial charge in [0.15, 0.2) is 11.5 Å². The quantitative estimate of drug-likeness (QED) is 0.748. The molecule has 24 heavy (non-hydrogen) atoms. The SMILES string of the molecule is CCOC(=O)CC1CCCCN1C(=O)c1cccc(OC)c1OC. The highest BCUT2D eigenvalue weighted by Crippen LogP contribution is 2.33. The monoisotopic (exact) mass is 335 g/mol. The molecule has 0 spiro atoms. The van der Waals surface area contributed by atoms with Crippen molar-refractivity contribution in [3.8, 4) is 11.5 Å². The molecule has 0 radical (unpaired) electrons. The lowest BCUT2D eigenvalue weighted by Crippen LogP contribution is -2.45. The fraction of sp³-hybridized carbons (Fsp3) is 0.556. The molecule has 1 aromatic rings. The summed E-state index contributed by atoms with van der Waals surface area (Å²) in [6.07, 6.45) is 2.96. The van der Waals surface area contributed by atoms with Crippen LogP contribution in [0.4, 0.5) is 0 Å². The molecule has 1 amide bonds. The molecule has 1 saturated heterocycles. The Morgan fingerprint density at radius 3 is 2.67 bits per heavy atom. The van der Waals surface area contributed by atoms with Gasteiger partial charge >= 0.3 is 5.97 Å². The summed E-state index contributed by atoms with van der Waals surface area (Å²) in [7, 11) is 3.05. The zero-order chi connectivity index (χ0) is 17.5. The summed E-state index contributed by atoms with van der Waals surface area (Å²) in [5, 5.41) is 0. The summed E-state index contributed by atoms with van der Waals surface area (Å²) in [6, 6.07) is 5.10. The van der Waals surface area contributed by atoms with Gasteiger partial charge in [0.25, 0.3) is 5.91 Å². The maximum atomic E-state index is 13.0. The van der Waals surface area contributed by atoms with Crippen LogP contribution in [0.25, 0.3) is 0 Å². The number of nitrogens with zero attached hydrogens (tertiary/aromatic N) is 1. The van der Waals surface area contributed by atoms with Crippen molar-refractivity contribution in [1.82, 2.24) is 4.90 Å². The molecule has 1 aliphatic heterocycles. The summed E-state index contributed by atoms with van der Waals surface area (Å²) >= 11 is 0. The largest absolute Gasteiger partial charge is 0.493 e. The number of carbonyl (C=O) groups is 2. The zero-order valence-electron chi connectivity index (χ0n) is 14.5. The van der Waals surface area contributed by atoms with Crippen LogP contribution in [0.2, 0.25) is 0 Å². The van der Waals surface area contributed by atoms with E-state index in [9.17, 15) is 9.59 Å². The van der Waals surface area contributed by atoms with Crippen LogP contribution < -0.4 is 9.47 Å². The highest BCUT2D eigenvalue weighted by molar-refractivity contribution is 5.98. The van der Waals surface area contributed by atoms with Gasteiger partial charge in [0.1, 0.15) is 0 Å². The van der Waals surface area contributed by atoms with Gasteiger partial charge in [-0.15, -0.1) is 0 Å². The van der Waals surface area contributed by atoms with E-state index in [0.717, 1.165) is 19.3 Å². The molecule has 0 N–H and O–H groups in total. The first-order valence-electron chi connectivity index (χ1n) is 8.29. The van der Waals surface area contributed by atoms with E-state index in [2.05, 4.69) is 0 Å². The van der Waals surface area contributed by atoms with Gasteiger partial charge in [0, 0.05) is 12.6 Å². The van der Waals surface area contributed by atoms with Crippen molar-refractivity contribution in [1.29, 1.82) is 0 Å². The van der Waals surface area contributed by atoms with Crippen LogP contribution >= 0.6 is 0 Å². The standard InChI is InChI=1S/C18H25NO5/c1-4-24-16(20)12-13-8-5-6-11-19(13)18(21)14-9-7-10-15(22-2)17(14)23-3/h7,9-10,13H,4-6,8,11-12H2,1-3H3. The minimum atomic E-state index is -0.264. The second-order valence-corrected chi connectivity index (χ2v) is 5.70. The molecule has 0 bridgehead atoms. The first-order chi connectivity index (χ1) is 11.6. The van der Waals surface area contributed by atoms with E-state index in [1.165, 1.54) is 14.2 Å². The number of benzene rings is 1. The average Bonchev–Trinajstić information content (AvgIpc) is 2.61. The Morgan fingerprint density at radius 1 is 1.21 bits per heavy atom. The predicted octanol–water partition coefficient (Wildman–Crippen LogP) is 2.65. The number of para-hydroxylation sites is 1. The number of carbonyl (C=O) groups excluding carboxylic acids is 2. The summed E-state index contributed by atoms with van der Waals surface area (Å²) in [4.78, 5) is 26.6. The molecule has 1 fully saturated rings. The molecule has 6 heteroatoms. The third kappa shape index (κ3) is 3.99. The smallest absolute Gasteiger partial charge is 0.307 e. The van der Waals surface area contributed by atoms with Crippen LogP contribution in [0.15, 0.2) is 18.2 Å². The van der Waals surface area contributed by atoms with Crippen molar-refractivity contribution < 1.29 is 23.8 Å². The molecule has 0 aromatic heterocycles. The number of piperidine rings is 1. The van der Waals surface area contributed by atoms with Gasteiger partial charge in [0.05, 0.1) is 32.8 Å². The Bertz CT molecular complexity index is 587. The first-order valence-corrected chi connectivity index (χ1v) is 8.29. The van der Waals surface area contributed by atoms with Gasteiger partial charge in [0.2, 0.25) is 0 Å². The van der Waals surface area contributed by atoms with Crippen molar-refractivity contribution in [2.75, 3.05) is 27.4 Å². The molecular weight excluding hydrogens is 310 g/mol. The number of ether oxygens (including phenoxy) is 3. The van der Waals surface area contributed by atoms with Gasteiger partial charge in [-0.05, 0) is 38.3 Å². The number of likely N-dealkylation sites (tertiary alicyclic amines) is 1. The van der Waals surface area contributed by atoms with Crippen LogP contribution in [0, 0.1) is 0 Å². The Labute approximate surface area is 142 Å². The molecule has 6 nitrogen and oxygen atoms in total. The van der Waals surface area contributed by atoms with E-state index in [0.29, 0.717) is 30.2 Å². The third-order valence-electron chi connectivity index (χ3n) is 4.23. The van der Waals surface area contributed by atoms with Crippen molar-refractivity contribution in [3.05, 3.63) is 23.8 Å². The fourth-order valence-electron chi connectivity index (χ4n) is 3.10. The van der Waals surface area contributed by atoms with Crippen LogP contribution in [0.5, 0.6) is 11.5 Å². The topological polar surface area (TPSA) is 65.1 Å². The van der Waals surface area contributed by atoms with Crippen molar-refractivity contribution in [2.45, 2.75) is 38.6 Å². The number of esters is 1. The minimum absolute atomic E-state index is 0.138. The first kappa shape index (κ1) is 18.1. The molecule has 1 unspecified atom stereocenters. The second-order valence-electron chi connectivity index (χ2n) is 5.70. The number of hydrogen-bond acceptors (Lipinski definition) is 5. The molecule has 2 rings (SSSR count). The van der Waals surface area contributed by atoms with Gasteiger partial charge in [-0.1, -0.05) is 6.07 Å². The summed E-state index contributed by atoms with van der Waals surface area (Å²) in [5.41, 5.74) is 0.451. The lowest BCUT2D eigenvalue weighted by molar-refractivity contribution is -0.144. The zero-order valence-corrected chi connectivity index (χ0v) is 14.5. The normalized spacial score (nSPS) is 17.3. The number of amides is 1. The van der Waals surface area contributed by atoms with E-state index in [-0.39, 0.29) is 24.3 Å². The van der Waals surface area contributed by atoms with Gasteiger partial charge < -0.3 is 19.1 Å². The molecule has 1 heterocycles. The predicted molar refractivity (Wildman–Crippen MR) is 89.5 cm³/mol. The van der Waals surface area contributed by atoms with Crippen molar-refractivity contribution >= 4 is 11.9 Å². The Balaban J connectivity index is 2.24. The molecule has 1 atom stereocenters. The number of methoxy groups -OCH3 is 2. The van der Waals surface area contributed by atoms with Crippen LogP contribution in [0.1, 0.15) is 43.0 Å². The van der Waals surface area contributed by atoms with E-state index >= 15 is 0 Å². The molecule has 1 aromatic carbocycles. The average molecular weight is 335 g/mol. The fourth-order valence-corrected chi connectivity index (χ4v) is 3.10. The summed E-state index contributed by atoms with van der Waals surface area (Å²) in [6.45, 7) is 2.76. The number of rotatable bonds is 6. The lowest BCUT2D eigenvalue weighted by Gasteiger charge is -2.35. The lowest BCUT2D eigenvalue weighted by atomic mass is 9.98. The Morgan fingerprint density at radius 2 is 2.00 bits per heavy atom.